The van der Waals surface area contributed by atoms with E-state index in [1.165, 1.54) is 0 Å². The summed E-state index contributed by atoms with van der Waals surface area (Å²) in [5.41, 5.74) is 11.7. The summed E-state index contributed by atoms with van der Waals surface area (Å²) in [6.07, 6.45) is 0. The van der Waals surface area contributed by atoms with Gasteiger partial charge in [-0.3, -0.25) is 0 Å². The highest BCUT2D eigenvalue weighted by molar-refractivity contribution is 6.11. The van der Waals surface area contributed by atoms with Crippen LogP contribution in [0, 0.1) is 25.2 Å². The molecule has 0 saturated heterocycles. The monoisotopic (exact) mass is 835 g/mol. The van der Waals surface area contributed by atoms with Gasteiger partial charge >= 0.3 is 0 Å². The van der Waals surface area contributed by atoms with E-state index in [0.29, 0.717) is 46.1 Å². The van der Waals surface area contributed by atoms with Gasteiger partial charge in [-0.05, 0) is 50.2 Å². The number of hydrogen-bond acceptors (Lipinski definition) is 8. The zero-order valence-electron chi connectivity index (χ0n) is 35.4. The predicted molar refractivity (Wildman–Crippen MR) is 258 cm³/mol. The van der Waals surface area contributed by atoms with E-state index >= 15 is 0 Å². The highest BCUT2D eigenvalue weighted by atomic mass is 15.0. The summed E-state index contributed by atoms with van der Waals surface area (Å²) in [5, 5.41) is 13.0. The van der Waals surface area contributed by atoms with Gasteiger partial charge in [-0.1, -0.05) is 152 Å². The lowest BCUT2D eigenvalue weighted by molar-refractivity contribution is 0.928. The molecular weight excluding hydrogens is 799 g/mol. The van der Waals surface area contributed by atoms with Crippen molar-refractivity contribution in [1.82, 2.24) is 39.5 Å². The van der Waals surface area contributed by atoms with Gasteiger partial charge in [-0.2, -0.15) is 5.26 Å². The molecule has 0 saturated carbocycles. The minimum absolute atomic E-state index is 0.443. The second-order valence-corrected chi connectivity index (χ2v) is 15.8. The normalized spacial score (nSPS) is 11.2. The van der Waals surface area contributed by atoms with Crippen molar-refractivity contribution in [3.05, 3.63) is 205 Å². The van der Waals surface area contributed by atoms with Crippen LogP contribution in [0.2, 0.25) is 0 Å². The van der Waals surface area contributed by atoms with Crippen molar-refractivity contribution < 1.29 is 0 Å². The summed E-state index contributed by atoms with van der Waals surface area (Å²) in [5.74, 6) is 2.98. The van der Waals surface area contributed by atoms with Gasteiger partial charge in [0.15, 0.2) is 17.5 Å². The second-order valence-electron chi connectivity index (χ2n) is 15.8. The number of nitrogens with zero attached hydrogens (tertiary/aromatic N) is 9. The fourth-order valence-corrected chi connectivity index (χ4v) is 8.54. The maximum atomic E-state index is 10.9. The van der Waals surface area contributed by atoms with Gasteiger partial charge in [0.25, 0.3) is 0 Å². The van der Waals surface area contributed by atoms with E-state index in [1.807, 2.05) is 135 Å². The van der Waals surface area contributed by atoms with E-state index in [4.69, 9.17) is 29.9 Å². The van der Waals surface area contributed by atoms with E-state index in [2.05, 4.69) is 82.4 Å². The first kappa shape index (κ1) is 38.9. The lowest BCUT2D eigenvalue weighted by Crippen LogP contribution is -2.06. The Morgan fingerprint density at radius 3 is 1.31 bits per heavy atom. The van der Waals surface area contributed by atoms with Crippen LogP contribution in [0.15, 0.2) is 188 Å². The molecule has 0 bridgehead atoms. The van der Waals surface area contributed by atoms with E-state index in [1.54, 1.807) is 0 Å². The van der Waals surface area contributed by atoms with Crippen molar-refractivity contribution in [1.29, 1.82) is 5.26 Å². The molecule has 65 heavy (non-hydrogen) atoms. The number of hydrogen-bond donors (Lipinski definition) is 0. The average molecular weight is 836 g/mol. The van der Waals surface area contributed by atoms with Crippen LogP contribution in [0.5, 0.6) is 0 Å². The Labute approximate surface area is 375 Å². The molecule has 0 spiro atoms. The number of nitriles is 1. The number of aryl methyl sites for hydroxylation is 2. The van der Waals surface area contributed by atoms with Crippen molar-refractivity contribution >= 4 is 21.8 Å². The highest BCUT2D eigenvalue weighted by Gasteiger charge is 2.25. The molecule has 0 radical (unpaired) electrons. The molecule has 0 aliphatic rings. The first-order chi connectivity index (χ1) is 32.0. The van der Waals surface area contributed by atoms with Crippen LogP contribution in [0.4, 0.5) is 0 Å². The standard InChI is InChI=1S/C56H37N9/c1-35-58-36(2)60-56(59-35)42-27-28-44-43-25-15-16-26-51(43)65(52(44)31-42)53-45(49-32-47(38-17-7-3-8-18-38)61-54(63-49)40-21-11-5-12-22-40)29-37(34-57)30-46(53)50-33-48(39-19-9-4-10-20-39)62-55(64-50)41-23-13-6-14-24-41/h3-33H,1-2H3. The molecule has 11 aromatic rings. The lowest BCUT2D eigenvalue weighted by atomic mass is 9.95. The van der Waals surface area contributed by atoms with Crippen molar-refractivity contribution in [2.75, 3.05) is 0 Å². The van der Waals surface area contributed by atoms with Crippen molar-refractivity contribution in [3.63, 3.8) is 0 Å². The number of fused-ring (bicyclic) bond motifs is 3. The SMILES string of the molecule is Cc1nc(C)nc(-c2ccc3c4ccccc4n(-c4c(-c5cc(-c6ccccc6)nc(-c6ccccc6)n5)cc(C#N)cc4-c4cc(-c5ccccc5)nc(-c5ccccc5)n4)c3c2)n1. The zero-order chi connectivity index (χ0) is 43.9. The van der Waals surface area contributed by atoms with Gasteiger partial charge in [0.05, 0.1) is 51.1 Å². The van der Waals surface area contributed by atoms with Gasteiger partial charge in [0.2, 0.25) is 0 Å². The Hall–Kier alpha value is -9.00. The van der Waals surface area contributed by atoms with E-state index in [-0.39, 0.29) is 0 Å². The Morgan fingerprint density at radius 1 is 0.369 bits per heavy atom. The largest absolute Gasteiger partial charge is 0.308 e. The van der Waals surface area contributed by atoms with Crippen LogP contribution in [0.3, 0.4) is 0 Å². The molecule has 0 aliphatic carbocycles. The Kier molecular flexibility index (Phi) is 9.79. The van der Waals surface area contributed by atoms with Crippen molar-refractivity contribution in [2.24, 2.45) is 0 Å². The molecule has 7 aromatic carbocycles. The molecule has 0 amide bonds. The Balaban J connectivity index is 1.30. The fraction of sp³-hybridized carbons (Fsp3) is 0.0357. The molecule has 4 heterocycles. The van der Waals surface area contributed by atoms with Gasteiger partial charge in [-0.25, -0.2) is 34.9 Å². The van der Waals surface area contributed by atoms with Crippen LogP contribution in [-0.2, 0) is 0 Å². The number of benzene rings is 7. The summed E-state index contributed by atoms with van der Waals surface area (Å²) >= 11 is 0. The summed E-state index contributed by atoms with van der Waals surface area (Å²) in [4.78, 5) is 35.0. The van der Waals surface area contributed by atoms with Gasteiger partial charge in [0.1, 0.15) is 11.6 Å². The summed E-state index contributed by atoms with van der Waals surface area (Å²) in [7, 11) is 0. The number of aromatic nitrogens is 8. The minimum Gasteiger partial charge on any atom is -0.308 e. The Bertz CT molecular complexity index is 3340. The molecule has 0 N–H and O–H groups in total. The third kappa shape index (κ3) is 7.35. The minimum atomic E-state index is 0.443. The van der Waals surface area contributed by atoms with Crippen molar-refractivity contribution in [2.45, 2.75) is 13.8 Å². The number of rotatable bonds is 8. The topological polar surface area (TPSA) is 119 Å². The molecule has 0 aliphatic heterocycles. The first-order valence-electron chi connectivity index (χ1n) is 21.3. The summed E-state index contributed by atoms with van der Waals surface area (Å²) in [6.45, 7) is 3.76. The third-order valence-electron chi connectivity index (χ3n) is 11.5. The van der Waals surface area contributed by atoms with Crippen LogP contribution in [-0.4, -0.2) is 39.5 Å². The quantitative estimate of drug-likeness (QED) is 0.148. The van der Waals surface area contributed by atoms with E-state index in [0.717, 1.165) is 77.8 Å². The number of para-hydroxylation sites is 1. The molecule has 0 atom stereocenters. The maximum absolute atomic E-state index is 10.9. The molecule has 0 unspecified atom stereocenters. The molecule has 9 heteroatoms. The fourth-order valence-electron chi connectivity index (χ4n) is 8.54. The van der Waals surface area contributed by atoms with Gasteiger partial charge in [0, 0.05) is 49.7 Å². The second kappa shape index (κ2) is 16.4. The predicted octanol–water partition coefficient (Wildman–Crippen LogP) is 12.7. The van der Waals surface area contributed by atoms with E-state index < -0.39 is 0 Å². The lowest BCUT2D eigenvalue weighted by Gasteiger charge is -2.20. The summed E-state index contributed by atoms with van der Waals surface area (Å²) < 4.78 is 2.28. The van der Waals surface area contributed by atoms with Crippen LogP contribution in [0.25, 0.3) is 107 Å². The molecule has 0 fully saturated rings. The smallest absolute Gasteiger partial charge is 0.163 e. The van der Waals surface area contributed by atoms with Gasteiger partial charge < -0.3 is 4.57 Å². The summed E-state index contributed by atoms with van der Waals surface area (Å²) in [6, 6.07) is 65.4. The molecule has 306 valence electrons. The molecule has 11 rings (SSSR count). The molecule has 9 nitrogen and oxygen atoms in total. The maximum Gasteiger partial charge on any atom is 0.163 e. The van der Waals surface area contributed by atoms with E-state index in [9.17, 15) is 5.26 Å². The highest BCUT2D eigenvalue weighted by Crippen LogP contribution is 2.44. The van der Waals surface area contributed by atoms with Crippen LogP contribution in [0.1, 0.15) is 17.2 Å². The van der Waals surface area contributed by atoms with Crippen LogP contribution < -0.4 is 0 Å². The first-order valence-corrected chi connectivity index (χ1v) is 21.3. The third-order valence-corrected chi connectivity index (χ3v) is 11.5. The van der Waals surface area contributed by atoms with Crippen molar-refractivity contribution in [3.8, 4) is 90.9 Å². The molecule has 4 aromatic heterocycles. The van der Waals surface area contributed by atoms with Gasteiger partial charge in [-0.15, -0.1) is 0 Å². The average Bonchev–Trinajstić information content (AvgIpc) is 3.69. The van der Waals surface area contributed by atoms with Crippen LogP contribution >= 0.6 is 0 Å². The Morgan fingerprint density at radius 2 is 0.800 bits per heavy atom. The molecular formula is C56H37N9. The zero-order valence-corrected chi connectivity index (χ0v) is 35.4.